The second kappa shape index (κ2) is 8.11. The normalized spacial score (nSPS) is 10.1. The number of Topliss-reactive ketones (excluding diaryl/α,β-unsaturated/α-hetero) is 1. The van der Waals surface area contributed by atoms with Crippen molar-refractivity contribution in [3.63, 3.8) is 0 Å². The van der Waals surface area contributed by atoms with Crippen LogP contribution in [-0.2, 0) is 4.74 Å². The van der Waals surface area contributed by atoms with Crippen molar-refractivity contribution in [1.29, 1.82) is 0 Å². The Kier molecular flexibility index (Phi) is 5.90. The van der Waals surface area contributed by atoms with Gasteiger partial charge in [-0.2, -0.15) is 0 Å². The summed E-state index contributed by atoms with van der Waals surface area (Å²) in [4.78, 5) is 36.6. The number of carbonyl (C=O) groups is 2. The van der Waals surface area contributed by atoms with E-state index in [1.54, 1.807) is 43.3 Å². The van der Waals surface area contributed by atoms with Crippen molar-refractivity contribution >= 4 is 23.1 Å². The number of nitrogens with zero attached hydrogens (tertiary/aromatic N) is 2. The van der Waals surface area contributed by atoms with E-state index < -0.39 is 23.3 Å². The molecule has 0 saturated carbocycles. The van der Waals surface area contributed by atoms with Crippen molar-refractivity contribution in [2.45, 2.75) is 0 Å². The molecule has 8 heteroatoms. The third-order valence-corrected chi connectivity index (χ3v) is 3.63. The molecule has 0 atom stereocenters. The molecule has 0 aliphatic heterocycles. The van der Waals surface area contributed by atoms with Crippen LogP contribution in [0.4, 0.5) is 11.4 Å². The number of hydrogen-bond donors (Lipinski definition) is 0. The predicted octanol–water partition coefficient (Wildman–Crippen LogP) is 2.71. The molecule has 0 unspecified atom stereocenters. The van der Waals surface area contributed by atoms with Gasteiger partial charge in [-0.3, -0.25) is 14.9 Å². The second-order valence-electron chi connectivity index (χ2n) is 5.55. The molecule has 0 fully saturated rings. The lowest BCUT2D eigenvalue weighted by Gasteiger charge is -2.16. The minimum absolute atomic E-state index is 0.0111. The number of ketones is 1. The maximum absolute atomic E-state index is 12.4. The summed E-state index contributed by atoms with van der Waals surface area (Å²) >= 11 is 0. The second-order valence-corrected chi connectivity index (χ2v) is 5.55. The molecule has 0 bridgehead atoms. The zero-order valence-corrected chi connectivity index (χ0v) is 14.6. The van der Waals surface area contributed by atoms with Crippen LogP contribution in [0.5, 0.6) is 5.75 Å². The van der Waals surface area contributed by atoms with E-state index in [2.05, 4.69) is 0 Å². The summed E-state index contributed by atoms with van der Waals surface area (Å²) in [6, 6.07) is 10.5. The Morgan fingerprint density at radius 1 is 1.12 bits per heavy atom. The van der Waals surface area contributed by atoms with Crippen molar-refractivity contribution in [1.82, 2.24) is 0 Å². The number of rotatable bonds is 7. The summed E-state index contributed by atoms with van der Waals surface area (Å²) in [6.07, 6.45) is 0. The first kappa shape index (κ1) is 18.9. The Balaban J connectivity index is 2.20. The van der Waals surface area contributed by atoms with Gasteiger partial charge in [-0.25, -0.2) is 4.79 Å². The number of ether oxygens (including phenoxy) is 2. The number of non-ortho nitro benzene ring substituents is 1. The maximum Gasteiger partial charge on any atom is 0.340 e. The summed E-state index contributed by atoms with van der Waals surface area (Å²) in [5.74, 6) is -0.883. The average molecular weight is 358 g/mol. The summed E-state index contributed by atoms with van der Waals surface area (Å²) < 4.78 is 10.2. The molecule has 2 aromatic carbocycles. The van der Waals surface area contributed by atoms with Crippen LogP contribution in [0.2, 0.25) is 0 Å². The van der Waals surface area contributed by atoms with Crippen LogP contribution in [0.3, 0.4) is 0 Å². The van der Waals surface area contributed by atoms with Crippen molar-refractivity contribution in [2.24, 2.45) is 0 Å². The van der Waals surface area contributed by atoms with Gasteiger partial charge in [-0.1, -0.05) is 12.1 Å². The molecule has 0 amide bonds. The molecule has 0 saturated heterocycles. The summed E-state index contributed by atoms with van der Waals surface area (Å²) in [7, 11) is 4.82. The summed E-state index contributed by atoms with van der Waals surface area (Å²) in [5, 5.41) is 11.0. The molecule has 0 heterocycles. The topological polar surface area (TPSA) is 99.0 Å². The molecule has 0 spiro atoms. The Labute approximate surface area is 150 Å². The van der Waals surface area contributed by atoms with Crippen molar-refractivity contribution in [3.8, 4) is 5.75 Å². The van der Waals surface area contributed by atoms with Gasteiger partial charge in [-0.05, 0) is 18.2 Å². The summed E-state index contributed by atoms with van der Waals surface area (Å²) in [5.41, 5.74) is 0.510. The van der Waals surface area contributed by atoms with Gasteiger partial charge in [0.1, 0.15) is 5.75 Å². The number of carbonyl (C=O) groups excluding carboxylic acids is 2. The van der Waals surface area contributed by atoms with E-state index in [0.717, 1.165) is 6.07 Å². The maximum atomic E-state index is 12.4. The van der Waals surface area contributed by atoms with Crippen LogP contribution < -0.4 is 9.64 Å². The molecule has 0 aliphatic carbocycles. The van der Waals surface area contributed by atoms with Crippen molar-refractivity contribution < 1.29 is 24.0 Å². The number of esters is 1. The number of hydrogen-bond acceptors (Lipinski definition) is 7. The van der Waals surface area contributed by atoms with Gasteiger partial charge in [0.05, 0.1) is 28.8 Å². The number of benzene rings is 2. The number of anilines is 1. The third kappa shape index (κ3) is 4.15. The van der Waals surface area contributed by atoms with Crippen molar-refractivity contribution in [2.75, 3.05) is 32.7 Å². The Morgan fingerprint density at radius 2 is 1.81 bits per heavy atom. The van der Waals surface area contributed by atoms with Gasteiger partial charge in [0.15, 0.2) is 6.61 Å². The fourth-order valence-corrected chi connectivity index (χ4v) is 2.35. The molecular weight excluding hydrogens is 340 g/mol. The largest absolute Gasteiger partial charge is 0.496 e. The minimum atomic E-state index is -0.819. The highest BCUT2D eigenvalue weighted by Gasteiger charge is 2.21. The van der Waals surface area contributed by atoms with Crippen LogP contribution in [0, 0.1) is 10.1 Å². The Hall–Kier alpha value is -3.42. The van der Waals surface area contributed by atoms with Gasteiger partial charge >= 0.3 is 5.97 Å². The standard InChI is InChI=1S/C18H18N2O6/c1-19(2)15-9-8-12(20(23)24)10-14(15)18(22)26-11-16(21)13-6-4-5-7-17(13)25-3/h4-10H,11H2,1-3H3. The first-order valence-corrected chi connectivity index (χ1v) is 7.64. The SMILES string of the molecule is COc1ccccc1C(=O)COC(=O)c1cc([N+](=O)[O-])ccc1N(C)C. The number of methoxy groups -OCH3 is 1. The van der Waals surface area contributed by atoms with E-state index in [1.165, 1.54) is 19.2 Å². The van der Waals surface area contributed by atoms with Gasteiger partial charge in [-0.15, -0.1) is 0 Å². The minimum Gasteiger partial charge on any atom is -0.496 e. The lowest BCUT2D eigenvalue weighted by Crippen LogP contribution is -2.19. The van der Waals surface area contributed by atoms with E-state index >= 15 is 0 Å². The highest BCUT2D eigenvalue weighted by atomic mass is 16.6. The average Bonchev–Trinajstić information content (AvgIpc) is 2.64. The van der Waals surface area contributed by atoms with Crippen molar-refractivity contribution in [3.05, 3.63) is 63.7 Å². The first-order chi connectivity index (χ1) is 12.3. The zero-order chi connectivity index (χ0) is 19.3. The molecule has 8 nitrogen and oxygen atoms in total. The zero-order valence-electron chi connectivity index (χ0n) is 14.6. The molecule has 136 valence electrons. The molecule has 0 aromatic heterocycles. The monoisotopic (exact) mass is 358 g/mol. The molecule has 2 rings (SSSR count). The number of nitro benzene ring substituents is 1. The first-order valence-electron chi connectivity index (χ1n) is 7.64. The smallest absolute Gasteiger partial charge is 0.340 e. The quantitative estimate of drug-likeness (QED) is 0.325. The van der Waals surface area contributed by atoms with E-state index in [0.29, 0.717) is 11.4 Å². The van der Waals surface area contributed by atoms with E-state index in [-0.39, 0.29) is 16.8 Å². The fourth-order valence-electron chi connectivity index (χ4n) is 2.35. The molecule has 0 N–H and O–H groups in total. The molecule has 2 aromatic rings. The van der Waals surface area contributed by atoms with Crippen LogP contribution in [0.15, 0.2) is 42.5 Å². The van der Waals surface area contributed by atoms with Crippen LogP contribution >= 0.6 is 0 Å². The number of nitro groups is 1. The van der Waals surface area contributed by atoms with Gasteiger partial charge < -0.3 is 14.4 Å². The van der Waals surface area contributed by atoms with Crippen LogP contribution in [0.1, 0.15) is 20.7 Å². The lowest BCUT2D eigenvalue weighted by atomic mass is 10.1. The molecule has 26 heavy (non-hydrogen) atoms. The van der Waals surface area contributed by atoms with E-state index in [9.17, 15) is 19.7 Å². The van der Waals surface area contributed by atoms with Gasteiger partial charge in [0.2, 0.25) is 5.78 Å². The Morgan fingerprint density at radius 3 is 2.42 bits per heavy atom. The molecular formula is C18H18N2O6. The fraction of sp³-hybridized carbons (Fsp3) is 0.222. The van der Waals surface area contributed by atoms with Gasteiger partial charge in [0, 0.05) is 26.2 Å². The van der Waals surface area contributed by atoms with Gasteiger partial charge in [0.25, 0.3) is 5.69 Å². The Bertz CT molecular complexity index is 847. The lowest BCUT2D eigenvalue weighted by molar-refractivity contribution is -0.384. The highest BCUT2D eigenvalue weighted by Crippen LogP contribution is 2.25. The van der Waals surface area contributed by atoms with Crippen LogP contribution in [-0.4, -0.2) is 44.5 Å². The predicted molar refractivity (Wildman–Crippen MR) is 95.0 cm³/mol. The number of para-hydroxylation sites is 1. The third-order valence-electron chi connectivity index (χ3n) is 3.63. The highest BCUT2D eigenvalue weighted by molar-refractivity contribution is 6.02. The molecule has 0 radical (unpaired) electrons. The molecule has 0 aliphatic rings. The van der Waals surface area contributed by atoms with E-state index in [1.807, 2.05) is 0 Å². The van der Waals surface area contributed by atoms with E-state index in [4.69, 9.17) is 9.47 Å². The summed E-state index contributed by atoms with van der Waals surface area (Å²) in [6.45, 7) is -0.505. The van der Waals surface area contributed by atoms with Crippen LogP contribution in [0.25, 0.3) is 0 Å².